The van der Waals surface area contributed by atoms with Crippen LogP contribution in [0.2, 0.25) is 0 Å². The number of rotatable bonds is 10. The first-order chi connectivity index (χ1) is 21.0. The number of aliphatic hydroxyl groups is 3. The topological polar surface area (TPSA) is 325 Å². The zero-order valence-corrected chi connectivity index (χ0v) is 23.9. The minimum Gasteiger partial charge on any atom is -0.394 e. The molecule has 0 spiro atoms. The van der Waals surface area contributed by atoms with E-state index in [1.54, 1.807) is 0 Å². The normalized spacial score (nSPS) is 31.1. The van der Waals surface area contributed by atoms with Crippen molar-refractivity contribution in [3.63, 3.8) is 0 Å². The molecule has 2 saturated heterocycles. The van der Waals surface area contributed by atoms with Gasteiger partial charge in [-0.15, -0.1) is 0 Å². The molecule has 238 valence electrons. The van der Waals surface area contributed by atoms with Gasteiger partial charge in [0.1, 0.15) is 71.3 Å². The Morgan fingerprint density at radius 2 is 1.91 bits per heavy atom. The molecular weight excluding hydrogens is 636 g/mol. The molecule has 0 aromatic carbocycles. The Labute approximate surface area is 244 Å². The van der Waals surface area contributed by atoms with E-state index in [0.29, 0.717) is 0 Å². The van der Waals surface area contributed by atoms with Crippen LogP contribution < -0.4 is 11.3 Å². The van der Waals surface area contributed by atoms with Crippen LogP contribution in [-0.4, -0.2) is 115 Å². The predicted molar refractivity (Wildman–Crippen MR) is 142 cm³/mol. The monoisotopic (exact) mass is 661 g/mol. The molecule has 0 radical (unpaired) electrons. The molecule has 4 aromatic rings. The van der Waals surface area contributed by atoms with Gasteiger partial charge >= 0.3 is 16.1 Å². The summed E-state index contributed by atoms with van der Waals surface area (Å²) >= 11 is 0. The van der Waals surface area contributed by atoms with E-state index in [1.165, 1.54) is 10.9 Å². The molecule has 4 aromatic heterocycles. The number of nitrogens with two attached hydrogens (primary N) is 1. The zero-order chi connectivity index (χ0) is 31.3. The largest absolute Gasteiger partial charge is 0.472 e. The molecule has 2 fully saturated rings. The number of aliphatic hydroxyl groups excluding tert-OH is 3. The third-order valence-electron chi connectivity index (χ3n) is 7.04. The van der Waals surface area contributed by atoms with Crippen LogP contribution in [0.15, 0.2) is 23.8 Å². The highest BCUT2D eigenvalue weighted by atomic mass is 31.2. The zero-order valence-electron chi connectivity index (χ0n) is 22.0. The van der Waals surface area contributed by atoms with Crippen LogP contribution in [0.25, 0.3) is 22.2 Å². The number of nitrogens with zero attached hydrogens (tertiary/aromatic N) is 6. The Morgan fingerprint density at radius 1 is 1.11 bits per heavy atom. The first-order valence-corrected chi connectivity index (χ1v) is 15.4. The lowest BCUT2D eigenvalue weighted by Crippen LogP contribution is -2.36. The van der Waals surface area contributed by atoms with Crippen molar-refractivity contribution in [1.29, 1.82) is 0 Å². The number of phosphoric acid groups is 1. The minimum absolute atomic E-state index is 0.0180. The summed E-state index contributed by atoms with van der Waals surface area (Å²) in [5.41, 5.74) is 5.48. The maximum Gasteiger partial charge on any atom is 0.472 e. The van der Waals surface area contributed by atoms with Crippen LogP contribution in [-0.2, 0) is 32.2 Å². The van der Waals surface area contributed by atoms with Crippen molar-refractivity contribution in [2.75, 3.05) is 18.9 Å². The number of nitrogens with one attached hydrogen (secondary N) is 2. The first-order valence-electron chi connectivity index (χ1n) is 12.7. The molecule has 2 aliphatic heterocycles. The number of aromatic amines is 2. The van der Waals surface area contributed by atoms with Gasteiger partial charge in [-0.3, -0.25) is 28.1 Å². The van der Waals surface area contributed by atoms with Gasteiger partial charge in [-0.1, -0.05) is 0 Å². The number of imidazole rings is 1. The highest BCUT2D eigenvalue weighted by Crippen LogP contribution is 2.51. The quantitative estimate of drug-likeness (QED) is 0.0807. The molecule has 0 aliphatic carbocycles. The summed E-state index contributed by atoms with van der Waals surface area (Å²) in [4.78, 5) is 50.4. The fraction of sp³-hybridized carbons (Fsp3) is 0.500. The van der Waals surface area contributed by atoms with Gasteiger partial charge in [0.2, 0.25) is 0 Å². The van der Waals surface area contributed by atoms with Crippen LogP contribution in [0, 0.1) is 0 Å². The second-order valence-electron chi connectivity index (χ2n) is 9.65. The van der Waals surface area contributed by atoms with E-state index in [9.17, 15) is 39.0 Å². The van der Waals surface area contributed by atoms with Gasteiger partial charge in [0, 0.05) is 0 Å². The van der Waals surface area contributed by atoms with Gasteiger partial charge in [0.25, 0.3) is 5.56 Å². The van der Waals surface area contributed by atoms with Gasteiger partial charge in [0.05, 0.1) is 25.9 Å². The highest BCUT2D eigenvalue weighted by molar-refractivity contribution is 7.47. The van der Waals surface area contributed by atoms with Gasteiger partial charge in [0.15, 0.2) is 17.7 Å². The van der Waals surface area contributed by atoms with Crippen molar-refractivity contribution in [3.05, 3.63) is 35.0 Å². The van der Waals surface area contributed by atoms with Gasteiger partial charge in [-0.25, -0.2) is 24.5 Å². The van der Waals surface area contributed by atoms with Crippen LogP contribution >= 0.6 is 16.1 Å². The average molecular weight is 661 g/mol. The van der Waals surface area contributed by atoms with E-state index >= 15 is 0 Å². The Hall–Kier alpha value is -3.24. The summed E-state index contributed by atoms with van der Waals surface area (Å²) in [5.74, 6) is 0.0398. The van der Waals surface area contributed by atoms with E-state index in [4.69, 9.17) is 28.8 Å². The lowest BCUT2D eigenvalue weighted by Gasteiger charge is -2.24. The molecule has 2 aliphatic rings. The fourth-order valence-corrected chi connectivity index (χ4v) is 6.51. The Bertz CT molecular complexity index is 1800. The molecule has 6 rings (SSSR count). The molecule has 9 N–H and O–H groups in total. The van der Waals surface area contributed by atoms with Crippen LogP contribution in [0.1, 0.15) is 18.0 Å². The number of anilines is 1. The van der Waals surface area contributed by atoms with E-state index in [1.807, 2.05) is 0 Å². The Balaban J connectivity index is 1.22. The van der Waals surface area contributed by atoms with E-state index in [-0.39, 0.29) is 33.7 Å². The van der Waals surface area contributed by atoms with Gasteiger partial charge in [-0.05, 0) is 0 Å². The Morgan fingerprint density at radius 3 is 2.66 bits per heavy atom. The van der Waals surface area contributed by atoms with Gasteiger partial charge in [-0.2, -0.15) is 5.10 Å². The predicted octanol–water partition coefficient (Wildman–Crippen LogP) is -2.61. The molecule has 0 amide bonds. The van der Waals surface area contributed by atoms with Crippen LogP contribution in [0.5, 0.6) is 0 Å². The number of hydrogen-bond donors (Lipinski definition) is 8. The number of H-pyrrole nitrogens is 2. The second-order valence-corrected chi connectivity index (χ2v) is 11.8. The van der Waals surface area contributed by atoms with E-state index in [0.717, 1.165) is 12.7 Å². The molecule has 2 unspecified atom stereocenters. The van der Waals surface area contributed by atoms with Crippen LogP contribution in [0.3, 0.4) is 0 Å². The summed E-state index contributed by atoms with van der Waals surface area (Å²) < 4.78 is 52.6. The molecule has 22 nitrogen and oxygen atoms in total. The SMILES string of the molecule is Nc1ncnc2c1ncn2[C@@H]1O[C@H](COP(=O)(O)O[C@@H]2[C@H](O)[C@@H](CO)O[C@H]2c2n[nH]c3c(=O)[nH]cnc23)[C@@H](O[PH](=O)O)[C@H]1O. The fourth-order valence-electron chi connectivity index (χ4n) is 5.04. The second kappa shape index (κ2) is 11.9. The number of hydrogen-bond acceptors (Lipinski definition) is 17. The highest BCUT2D eigenvalue weighted by Gasteiger charge is 2.51. The Kier molecular flexibility index (Phi) is 8.34. The summed E-state index contributed by atoms with van der Waals surface area (Å²) in [6, 6.07) is 0. The molecule has 6 heterocycles. The summed E-state index contributed by atoms with van der Waals surface area (Å²) in [6.45, 7) is -1.54. The standard InChI is InChI=1S/C20H25N9O13P2/c21-17-11-18(24-4-23-17)29(5-26-11)20-13(32)14(41-43(34)35)7(40-20)2-38-44(36,37)42-16-12(31)6(1-30)39-15(16)9-8-10(28-27-9)19(33)25-3-22-8/h3-7,12-16,20,30-32,43H,1-2H2,(H,27,28)(H,34,35)(H,36,37)(H2,21,23,24)(H,22,25,33)/t6-,7-,12-,13-,14-,15+,16-,20-/m1/s1. The molecule has 0 bridgehead atoms. The maximum atomic E-state index is 13.1. The van der Waals surface area contributed by atoms with E-state index < -0.39 is 83.8 Å². The molecule has 44 heavy (non-hydrogen) atoms. The lowest BCUT2D eigenvalue weighted by molar-refractivity contribution is -0.0549. The van der Waals surface area contributed by atoms with Gasteiger partial charge < -0.3 is 49.8 Å². The van der Waals surface area contributed by atoms with E-state index in [2.05, 4.69) is 35.1 Å². The smallest absolute Gasteiger partial charge is 0.394 e. The third-order valence-corrected chi connectivity index (χ3v) is 8.49. The lowest BCUT2D eigenvalue weighted by atomic mass is 10.1. The molecule has 10 atom stereocenters. The molecule has 0 saturated carbocycles. The first kappa shape index (κ1) is 30.8. The third kappa shape index (κ3) is 5.55. The number of phosphoric ester groups is 1. The summed E-state index contributed by atoms with van der Waals surface area (Å²) in [7, 11) is -8.79. The number of ether oxygens (including phenoxy) is 2. The number of aromatic nitrogens is 8. The molecular formula is C20H25N9O13P2. The van der Waals surface area contributed by atoms with Crippen molar-refractivity contribution >= 4 is 44.1 Å². The van der Waals surface area contributed by atoms with Crippen molar-refractivity contribution in [3.8, 4) is 0 Å². The van der Waals surface area contributed by atoms with Crippen molar-refractivity contribution < 1.29 is 57.3 Å². The summed E-state index contributed by atoms with van der Waals surface area (Å²) in [5, 5.41) is 37.8. The van der Waals surface area contributed by atoms with Crippen LogP contribution in [0.4, 0.5) is 5.82 Å². The van der Waals surface area contributed by atoms with Crippen molar-refractivity contribution in [2.45, 2.75) is 49.0 Å². The average Bonchev–Trinajstić information content (AvgIpc) is 3.74. The molecule has 24 heteroatoms. The number of nitrogen functional groups attached to an aromatic ring is 1. The van der Waals surface area contributed by atoms with Crippen molar-refractivity contribution in [2.24, 2.45) is 0 Å². The minimum atomic E-state index is -5.14. The number of fused-ring (bicyclic) bond motifs is 2. The van der Waals surface area contributed by atoms with Crippen molar-refractivity contribution in [1.82, 2.24) is 39.7 Å². The summed E-state index contributed by atoms with van der Waals surface area (Å²) in [6.07, 6.45) is -8.46. The maximum absolute atomic E-state index is 13.1.